The van der Waals surface area contributed by atoms with E-state index in [1.54, 1.807) is 0 Å². The lowest BCUT2D eigenvalue weighted by Gasteiger charge is -2.59. The van der Waals surface area contributed by atoms with Crippen LogP contribution in [-0.2, 0) is 4.79 Å². The van der Waals surface area contributed by atoms with Crippen molar-refractivity contribution < 1.29 is 4.79 Å². The van der Waals surface area contributed by atoms with E-state index in [-0.39, 0.29) is 22.2 Å². The van der Waals surface area contributed by atoms with Crippen molar-refractivity contribution in [2.24, 2.45) is 17.3 Å². The number of carbonyl (C=O) groups is 1. The van der Waals surface area contributed by atoms with E-state index >= 15 is 0 Å². The first-order valence-corrected chi connectivity index (χ1v) is 7.82. The monoisotopic (exact) mass is 269 g/mol. The topological polar surface area (TPSA) is 29.1 Å². The summed E-state index contributed by atoms with van der Waals surface area (Å²) in [5.74, 6) is 1.69. The molecule has 4 fully saturated rings. The first-order chi connectivity index (χ1) is 8.45. The van der Waals surface area contributed by atoms with Gasteiger partial charge in [-0.05, 0) is 63.7 Å². The highest BCUT2D eigenvalue weighted by atomic mass is 35.5. The van der Waals surface area contributed by atoms with Crippen molar-refractivity contribution in [1.29, 1.82) is 0 Å². The van der Waals surface area contributed by atoms with Crippen LogP contribution in [0.4, 0.5) is 0 Å². The fraction of sp³-hybridized carbons (Fsp3) is 0.933. The largest absolute Gasteiger partial charge is 0.353 e. The molecule has 0 radical (unpaired) electrons. The molecular weight excluding hydrogens is 246 g/mol. The van der Waals surface area contributed by atoms with E-state index in [4.69, 9.17) is 11.6 Å². The smallest absolute Gasteiger partial charge is 0.226 e. The number of nitrogens with one attached hydrogen (secondary N) is 1. The van der Waals surface area contributed by atoms with E-state index in [1.807, 2.05) is 0 Å². The predicted molar refractivity (Wildman–Crippen MR) is 73.6 cm³/mol. The molecule has 4 bridgehead atoms. The summed E-state index contributed by atoms with van der Waals surface area (Å²) >= 11 is 6.75. The number of carbonyl (C=O) groups excluding carboxylic acids is 1. The summed E-state index contributed by atoms with van der Waals surface area (Å²) in [6, 6.07) is 0.289. The molecule has 0 aromatic rings. The third-order valence-corrected chi connectivity index (χ3v) is 5.90. The van der Waals surface area contributed by atoms with Crippen molar-refractivity contribution >= 4 is 17.5 Å². The normalized spacial score (nSPS) is 47.1. The van der Waals surface area contributed by atoms with Gasteiger partial charge in [-0.2, -0.15) is 0 Å². The molecule has 4 aliphatic carbocycles. The van der Waals surface area contributed by atoms with Crippen LogP contribution in [0.15, 0.2) is 0 Å². The van der Waals surface area contributed by atoms with Gasteiger partial charge >= 0.3 is 0 Å². The standard InChI is InChI=1S/C15H24ClNO/c1-3-10(2)17-13(18)14-5-11-4-12(6-14)8-15(16,7-11)9-14/h10-12H,3-9H2,1-2H3,(H,17,18)/t10-,11-,12-,14?,15?/m1/s1. The maximum Gasteiger partial charge on any atom is 0.226 e. The molecule has 0 aromatic carbocycles. The first kappa shape index (κ1) is 12.8. The molecule has 0 unspecified atom stereocenters. The summed E-state index contributed by atoms with van der Waals surface area (Å²) in [4.78, 5) is 12.6. The number of rotatable bonds is 3. The summed E-state index contributed by atoms with van der Waals surface area (Å²) in [6.07, 6.45) is 7.68. The molecule has 0 saturated heterocycles. The molecule has 3 atom stereocenters. The van der Waals surface area contributed by atoms with Crippen LogP contribution in [0.5, 0.6) is 0 Å². The SMILES string of the molecule is CC[C@@H](C)NC(=O)C12C[C@H]3C[C@@H](CC(Cl)(C3)C1)C2. The maximum atomic E-state index is 12.6. The molecule has 0 aromatic heterocycles. The van der Waals surface area contributed by atoms with Crippen LogP contribution in [0.25, 0.3) is 0 Å². The fourth-order valence-corrected chi connectivity index (χ4v) is 5.59. The molecular formula is C15H24ClNO. The van der Waals surface area contributed by atoms with Crippen molar-refractivity contribution in [3.63, 3.8) is 0 Å². The van der Waals surface area contributed by atoms with Gasteiger partial charge in [0.1, 0.15) is 0 Å². The second kappa shape index (κ2) is 4.13. The van der Waals surface area contributed by atoms with Crippen LogP contribution in [0.1, 0.15) is 58.8 Å². The predicted octanol–water partition coefficient (Wildman–Crippen LogP) is 3.48. The lowest BCUT2D eigenvalue weighted by atomic mass is 9.49. The van der Waals surface area contributed by atoms with Gasteiger partial charge in [-0.1, -0.05) is 6.92 Å². The first-order valence-electron chi connectivity index (χ1n) is 7.45. The maximum absolute atomic E-state index is 12.6. The highest BCUT2D eigenvalue weighted by molar-refractivity contribution is 6.24. The molecule has 3 heteroatoms. The van der Waals surface area contributed by atoms with Crippen LogP contribution < -0.4 is 5.32 Å². The van der Waals surface area contributed by atoms with Crippen LogP contribution in [0.2, 0.25) is 0 Å². The van der Waals surface area contributed by atoms with Crippen LogP contribution >= 0.6 is 11.6 Å². The van der Waals surface area contributed by atoms with E-state index in [1.165, 1.54) is 6.42 Å². The zero-order valence-electron chi connectivity index (χ0n) is 11.5. The zero-order chi connectivity index (χ0) is 13.0. The lowest BCUT2D eigenvalue weighted by Crippen LogP contribution is -2.59. The second-order valence-corrected chi connectivity index (χ2v) is 7.98. The van der Waals surface area contributed by atoms with E-state index in [9.17, 15) is 4.79 Å². The summed E-state index contributed by atoms with van der Waals surface area (Å²) in [5, 5.41) is 3.21. The van der Waals surface area contributed by atoms with Crippen molar-refractivity contribution in [3.8, 4) is 0 Å². The van der Waals surface area contributed by atoms with Gasteiger partial charge in [-0.3, -0.25) is 4.79 Å². The van der Waals surface area contributed by atoms with Crippen LogP contribution in [0, 0.1) is 17.3 Å². The van der Waals surface area contributed by atoms with E-state index < -0.39 is 0 Å². The zero-order valence-corrected chi connectivity index (χ0v) is 12.2. The molecule has 1 N–H and O–H groups in total. The Bertz CT molecular complexity index is 354. The Labute approximate surface area is 115 Å². The minimum absolute atomic E-state index is 0.0587. The lowest BCUT2D eigenvalue weighted by molar-refractivity contribution is -0.145. The van der Waals surface area contributed by atoms with Crippen LogP contribution in [0.3, 0.4) is 0 Å². The highest BCUT2D eigenvalue weighted by Crippen LogP contribution is 2.63. The summed E-state index contributed by atoms with van der Waals surface area (Å²) in [7, 11) is 0. The molecule has 4 aliphatic rings. The average Bonchev–Trinajstić information content (AvgIpc) is 2.25. The molecule has 4 saturated carbocycles. The van der Waals surface area contributed by atoms with Crippen molar-refractivity contribution in [1.82, 2.24) is 5.32 Å². The van der Waals surface area contributed by atoms with Gasteiger partial charge in [0.2, 0.25) is 5.91 Å². The van der Waals surface area contributed by atoms with Crippen LogP contribution in [-0.4, -0.2) is 16.8 Å². The Hall–Kier alpha value is -0.240. The molecule has 1 amide bonds. The van der Waals surface area contributed by atoms with E-state index in [2.05, 4.69) is 19.2 Å². The Morgan fingerprint density at radius 2 is 1.94 bits per heavy atom. The Morgan fingerprint density at radius 1 is 1.33 bits per heavy atom. The molecule has 0 aliphatic heterocycles. The van der Waals surface area contributed by atoms with Crippen molar-refractivity contribution in [2.45, 2.75) is 69.7 Å². The number of hydrogen-bond donors (Lipinski definition) is 1. The van der Waals surface area contributed by atoms with Crippen molar-refractivity contribution in [3.05, 3.63) is 0 Å². The molecule has 0 heterocycles. The minimum atomic E-state index is -0.130. The Kier molecular flexibility index (Phi) is 2.93. The van der Waals surface area contributed by atoms with Gasteiger partial charge in [-0.15, -0.1) is 11.6 Å². The molecule has 0 spiro atoms. The Balaban J connectivity index is 1.80. The molecule has 18 heavy (non-hydrogen) atoms. The Morgan fingerprint density at radius 3 is 2.44 bits per heavy atom. The fourth-order valence-electron chi connectivity index (χ4n) is 4.90. The van der Waals surface area contributed by atoms with Gasteiger partial charge in [0, 0.05) is 10.9 Å². The van der Waals surface area contributed by atoms with E-state index in [0.29, 0.717) is 11.8 Å². The quantitative estimate of drug-likeness (QED) is 0.781. The number of amides is 1. The van der Waals surface area contributed by atoms with Crippen molar-refractivity contribution in [2.75, 3.05) is 0 Å². The second-order valence-electron chi connectivity index (χ2n) is 7.18. The van der Waals surface area contributed by atoms with Gasteiger partial charge in [0.25, 0.3) is 0 Å². The minimum Gasteiger partial charge on any atom is -0.353 e. The van der Waals surface area contributed by atoms with E-state index in [0.717, 1.165) is 38.5 Å². The molecule has 2 nitrogen and oxygen atoms in total. The average molecular weight is 270 g/mol. The van der Waals surface area contributed by atoms with Gasteiger partial charge in [-0.25, -0.2) is 0 Å². The highest BCUT2D eigenvalue weighted by Gasteiger charge is 2.60. The molecule has 102 valence electrons. The summed E-state index contributed by atoms with van der Waals surface area (Å²) in [5.41, 5.74) is -0.130. The van der Waals surface area contributed by atoms with Gasteiger partial charge in [0.05, 0.1) is 5.41 Å². The number of alkyl halides is 1. The summed E-state index contributed by atoms with van der Waals surface area (Å²) < 4.78 is 0. The number of halogens is 1. The van der Waals surface area contributed by atoms with Gasteiger partial charge < -0.3 is 5.32 Å². The summed E-state index contributed by atoms with van der Waals surface area (Å²) in [6.45, 7) is 4.21. The van der Waals surface area contributed by atoms with Gasteiger partial charge in [0.15, 0.2) is 0 Å². The molecule has 4 rings (SSSR count). The third kappa shape index (κ3) is 1.97. The number of hydrogen-bond acceptors (Lipinski definition) is 1. The third-order valence-electron chi connectivity index (χ3n) is 5.46.